The monoisotopic (exact) mass is 284 g/mol. The summed E-state index contributed by atoms with van der Waals surface area (Å²) >= 11 is 0. The van der Waals surface area contributed by atoms with Gasteiger partial charge in [0, 0.05) is 5.56 Å². The van der Waals surface area contributed by atoms with Crippen LogP contribution in [0.1, 0.15) is 15.9 Å². The van der Waals surface area contributed by atoms with Crippen molar-refractivity contribution >= 4 is 5.97 Å². The number of rotatable bonds is 2. The molecule has 2 nitrogen and oxygen atoms in total. The molecule has 2 aromatic rings. The molecule has 20 heavy (non-hydrogen) atoms. The SMILES string of the molecule is O=C(O)c1ccccc1-c1ccc(C(F)(F)F)cc1F. The van der Waals surface area contributed by atoms with Crippen LogP contribution in [0, 0.1) is 5.82 Å². The van der Waals surface area contributed by atoms with Crippen molar-refractivity contribution in [1.29, 1.82) is 0 Å². The van der Waals surface area contributed by atoms with E-state index in [1.54, 1.807) is 0 Å². The molecule has 0 unspecified atom stereocenters. The summed E-state index contributed by atoms with van der Waals surface area (Å²) in [6.45, 7) is 0. The number of alkyl halides is 3. The van der Waals surface area contributed by atoms with Crippen LogP contribution in [0.15, 0.2) is 42.5 Å². The van der Waals surface area contributed by atoms with Crippen LogP contribution in [0.2, 0.25) is 0 Å². The van der Waals surface area contributed by atoms with Gasteiger partial charge in [0.1, 0.15) is 5.82 Å². The maximum Gasteiger partial charge on any atom is 0.416 e. The highest BCUT2D eigenvalue weighted by atomic mass is 19.4. The Labute approximate surface area is 111 Å². The average Bonchev–Trinajstić information content (AvgIpc) is 2.37. The smallest absolute Gasteiger partial charge is 0.416 e. The fourth-order valence-corrected chi connectivity index (χ4v) is 1.81. The van der Waals surface area contributed by atoms with Crippen molar-refractivity contribution in [3.63, 3.8) is 0 Å². The summed E-state index contributed by atoms with van der Waals surface area (Å²) in [6.07, 6.45) is -4.65. The third kappa shape index (κ3) is 2.64. The molecule has 0 aliphatic carbocycles. The summed E-state index contributed by atoms with van der Waals surface area (Å²) in [4.78, 5) is 11.0. The number of hydrogen-bond donors (Lipinski definition) is 1. The zero-order chi connectivity index (χ0) is 14.9. The van der Waals surface area contributed by atoms with Gasteiger partial charge in [-0.3, -0.25) is 0 Å². The Morgan fingerprint density at radius 1 is 1.00 bits per heavy atom. The van der Waals surface area contributed by atoms with Gasteiger partial charge in [0.15, 0.2) is 0 Å². The van der Waals surface area contributed by atoms with Crippen LogP contribution in [-0.2, 0) is 6.18 Å². The molecule has 0 spiro atoms. The van der Waals surface area contributed by atoms with Gasteiger partial charge >= 0.3 is 12.1 Å². The summed E-state index contributed by atoms with van der Waals surface area (Å²) in [7, 11) is 0. The maximum absolute atomic E-state index is 13.8. The van der Waals surface area contributed by atoms with Crippen LogP contribution in [-0.4, -0.2) is 11.1 Å². The fraction of sp³-hybridized carbons (Fsp3) is 0.0714. The standard InChI is InChI=1S/C14H8F4O2/c15-12-7-8(14(16,17)18)5-6-10(12)9-3-1-2-4-11(9)13(19)20/h1-7H,(H,19,20). The van der Waals surface area contributed by atoms with E-state index in [2.05, 4.69) is 0 Å². The predicted molar refractivity (Wildman–Crippen MR) is 63.8 cm³/mol. The van der Waals surface area contributed by atoms with Crippen LogP contribution in [0.4, 0.5) is 17.6 Å². The van der Waals surface area contributed by atoms with Crippen LogP contribution in [0.5, 0.6) is 0 Å². The van der Waals surface area contributed by atoms with Gasteiger partial charge in [-0.15, -0.1) is 0 Å². The largest absolute Gasteiger partial charge is 0.478 e. The molecular formula is C14H8F4O2. The maximum atomic E-state index is 13.8. The number of carbonyl (C=O) groups is 1. The summed E-state index contributed by atoms with van der Waals surface area (Å²) in [5.41, 5.74) is -1.44. The van der Waals surface area contributed by atoms with E-state index in [9.17, 15) is 22.4 Å². The molecule has 0 atom stereocenters. The van der Waals surface area contributed by atoms with Gasteiger partial charge in [0.05, 0.1) is 11.1 Å². The molecule has 0 aromatic heterocycles. The van der Waals surface area contributed by atoms with E-state index in [1.165, 1.54) is 24.3 Å². The lowest BCUT2D eigenvalue weighted by atomic mass is 9.98. The number of benzene rings is 2. The van der Waals surface area contributed by atoms with Crippen molar-refractivity contribution in [1.82, 2.24) is 0 Å². The van der Waals surface area contributed by atoms with Crippen LogP contribution < -0.4 is 0 Å². The van der Waals surface area contributed by atoms with Crippen molar-refractivity contribution in [2.24, 2.45) is 0 Å². The van der Waals surface area contributed by atoms with Gasteiger partial charge in [0.2, 0.25) is 0 Å². The van der Waals surface area contributed by atoms with Crippen LogP contribution in [0.25, 0.3) is 11.1 Å². The highest BCUT2D eigenvalue weighted by Gasteiger charge is 2.31. The summed E-state index contributed by atoms with van der Waals surface area (Å²) < 4.78 is 51.2. The van der Waals surface area contributed by atoms with Crippen molar-refractivity contribution in [2.75, 3.05) is 0 Å². The number of aromatic carboxylic acids is 1. The van der Waals surface area contributed by atoms with E-state index in [0.29, 0.717) is 6.07 Å². The zero-order valence-electron chi connectivity index (χ0n) is 9.91. The highest BCUT2D eigenvalue weighted by molar-refractivity contribution is 5.96. The van der Waals surface area contributed by atoms with Gasteiger partial charge in [-0.25, -0.2) is 9.18 Å². The Kier molecular flexibility index (Phi) is 3.48. The Bertz CT molecular complexity index is 662. The number of carboxylic acids is 1. The normalized spacial score (nSPS) is 11.4. The van der Waals surface area contributed by atoms with Gasteiger partial charge in [-0.1, -0.05) is 24.3 Å². The molecule has 0 radical (unpaired) electrons. The van der Waals surface area contributed by atoms with Gasteiger partial charge in [-0.2, -0.15) is 13.2 Å². The second-order valence-corrected chi connectivity index (χ2v) is 4.04. The molecule has 0 bridgehead atoms. The van der Waals surface area contributed by atoms with Gasteiger partial charge in [-0.05, 0) is 23.8 Å². The highest BCUT2D eigenvalue weighted by Crippen LogP contribution is 2.33. The van der Waals surface area contributed by atoms with E-state index in [0.717, 1.165) is 12.1 Å². The van der Waals surface area contributed by atoms with E-state index in [4.69, 9.17) is 5.11 Å². The Balaban J connectivity index is 2.58. The molecule has 1 N–H and O–H groups in total. The van der Waals surface area contributed by atoms with E-state index < -0.39 is 23.5 Å². The first kappa shape index (κ1) is 14.0. The minimum Gasteiger partial charge on any atom is -0.478 e. The number of carboxylic acid groups (broad SMARTS) is 1. The van der Waals surface area contributed by atoms with E-state index in [-0.39, 0.29) is 16.7 Å². The molecule has 0 fully saturated rings. The predicted octanol–water partition coefficient (Wildman–Crippen LogP) is 4.21. The second-order valence-electron chi connectivity index (χ2n) is 4.04. The minimum absolute atomic E-state index is 0.0335. The molecule has 0 saturated carbocycles. The lowest BCUT2D eigenvalue weighted by molar-refractivity contribution is -0.137. The molecule has 0 saturated heterocycles. The number of halogens is 4. The number of hydrogen-bond acceptors (Lipinski definition) is 1. The summed E-state index contributed by atoms with van der Waals surface area (Å²) in [5, 5.41) is 9.00. The third-order valence-electron chi connectivity index (χ3n) is 2.74. The van der Waals surface area contributed by atoms with Crippen molar-refractivity contribution < 1.29 is 27.5 Å². The average molecular weight is 284 g/mol. The molecule has 2 aromatic carbocycles. The summed E-state index contributed by atoms with van der Waals surface area (Å²) in [5.74, 6) is -2.39. The lowest BCUT2D eigenvalue weighted by Gasteiger charge is -2.11. The third-order valence-corrected chi connectivity index (χ3v) is 2.74. The summed E-state index contributed by atoms with van der Waals surface area (Å²) in [6, 6.07) is 7.54. The zero-order valence-corrected chi connectivity index (χ0v) is 9.91. The van der Waals surface area contributed by atoms with Crippen LogP contribution in [0.3, 0.4) is 0 Å². The minimum atomic E-state index is -4.65. The van der Waals surface area contributed by atoms with Crippen LogP contribution >= 0.6 is 0 Å². The Hall–Kier alpha value is -2.37. The van der Waals surface area contributed by atoms with Gasteiger partial charge < -0.3 is 5.11 Å². The first-order chi connectivity index (χ1) is 9.30. The van der Waals surface area contributed by atoms with Crippen molar-refractivity contribution in [2.45, 2.75) is 6.18 Å². The van der Waals surface area contributed by atoms with Gasteiger partial charge in [0.25, 0.3) is 0 Å². The van der Waals surface area contributed by atoms with Crippen molar-refractivity contribution in [3.8, 4) is 11.1 Å². The molecule has 0 amide bonds. The molecule has 0 aliphatic heterocycles. The molecule has 0 heterocycles. The van der Waals surface area contributed by atoms with Crippen molar-refractivity contribution in [3.05, 3.63) is 59.4 Å². The van der Waals surface area contributed by atoms with E-state index in [1.807, 2.05) is 0 Å². The quantitative estimate of drug-likeness (QED) is 0.839. The Morgan fingerprint density at radius 3 is 2.20 bits per heavy atom. The molecular weight excluding hydrogens is 276 g/mol. The molecule has 104 valence electrons. The first-order valence-corrected chi connectivity index (χ1v) is 5.50. The topological polar surface area (TPSA) is 37.3 Å². The Morgan fingerprint density at radius 2 is 1.65 bits per heavy atom. The second kappa shape index (κ2) is 4.96. The molecule has 6 heteroatoms. The molecule has 0 aliphatic rings. The fourth-order valence-electron chi connectivity index (χ4n) is 1.81. The first-order valence-electron chi connectivity index (χ1n) is 5.50. The molecule has 2 rings (SSSR count). The lowest BCUT2D eigenvalue weighted by Crippen LogP contribution is -2.06. The van der Waals surface area contributed by atoms with E-state index >= 15 is 0 Å².